The van der Waals surface area contributed by atoms with Gasteiger partial charge in [0.2, 0.25) is 0 Å². The van der Waals surface area contributed by atoms with Crippen LogP contribution in [0.4, 0.5) is 0 Å². The molecule has 0 atom stereocenters. The van der Waals surface area contributed by atoms with Crippen LogP contribution in [-0.2, 0) is 0 Å². The molecule has 0 radical (unpaired) electrons. The topological polar surface area (TPSA) is 20.2 Å². The van der Waals surface area contributed by atoms with Crippen molar-refractivity contribution in [2.24, 2.45) is 10.8 Å². The molecule has 0 amide bonds. The van der Waals surface area contributed by atoms with Crippen molar-refractivity contribution in [2.75, 3.05) is 6.61 Å². The minimum Gasteiger partial charge on any atom is -0.396 e. The molecular formula is C8H14O. The largest absolute Gasteiger partial charge is 0.396 e. The van der Waals surface area contributed by atoms with Crippen molar-refractivity contribution in [1.29, 1.82) is 0 Å². The van der Waals surface area contributed by atoms with E-state index in [9.17, 15) is 0 Å². The van der Waals surface area contributed by atoms with Crippen LogP contribution >= 0.6 is 0 Å². The molecule has 1 nitrogen and oxygen atoms in total. The van der Waals surface area contributed by atoms with Crippen LogP contribution in [0.2, 0.25) is 0 Å². The third-order valence-corrected chi connectivity index (χ3v) is 3.44. The summed E-state index contributed by atoms with van der Waals surface area (Å²) in [6.07, 6.45) is 5.26. The molecule has 0 unspecified atom stereocenters. The first-order chi connectivity index (χ1) is 4.22. The summed E-state index contributed by atoms with van der Waals surface area (Å²) in [5.41, 5.74) is 0.953. The monoisotopic (exact) mass is 126 g/mol. The van der Waals surface area contributed by atoms with Crippen molar-refractivity contribution in [3.63, 3.8) is 0 Å². The average Bonchev–Trinajstić information content (AvgIpc) is 2.61. The molecule has 1 N–H and O–H groups in total. The van der Waals surface area contributed by atoms with E-state index in [1.807, 2.05) is 0 Å². The molecule has 52 valence electrons. The van der Waals surface area contributed by atoms with E-state index in [1.54, 1.807) is 0 Å². The van der Waals surface area contributed by atoms with Gasteiger partial charge in [-0.25, -0.2) is 0 Å². The molecular weight excluding hydrogens is 112 g/mol. The zero-order valence-corrected chi connectivity index (χ0v) is 5.98. The number of aliphatic hydroxyl groups is 1. The molecule has 0 bridgehead atoms. The van der Waals surface area contributed by atoms with E-state index in [2.05, 4.69) is 6.92 Å². The highest BCUT2D eigenvalue weighted by Crippen LogP contribution is 2.69. The fourth-order valence-electron chi connectivity index (χ4n) is 1.82. The lowest BCUT2D eigenvalue weighted by Gasteiger charge is -2.18. The summed E-state index contributed by atoms with van der Waals surface area (Å²) in [5, 5.41) is 9.03. The highest BCUT2D eigenvalue weighted by atomic mass is 16.3. The third-order valence-electron chi connectivity index (χ3n) is 3.44. The summed E-state index contributed by atoms with van der Waals surface area (Å²) in [5.74, 6) is 0. The van der Waals surface area contributed by atoms with Gasteiger partial charge in [0.1, 0.15) is 0 Å². The van der Waals surface area contributed by atoms with E-state index in [0.717, 1.165) is 0 Å². The first-order valence-electron chi connectivity index (χ1n) is 3.83. The molecule has 0 aromatic rings. The van der Waals surface area contributed by atoms with Crippen LogP contribution in [0.3, 0.4) is 0 Å². The molecule has 0 saturated heterocycles. The van der Waals surface area contributed by atoms with Crippen LogP contribution in [0, 0.1) is 10.8 Å². The number of hydrogen-bond acceptors (Lipinski definition) is 1. The van der Waals surface area contributed by atoms with Crippen LogP contribution in [0.15, 0.2) is 0 Å². The second-order valence-electron chi connectivity index (χ2n) is 4.00. The Morgan fingerprint density at radius 1 is 1.22 bits per heavy atom. The molecule has 2 rings (SSSR count). The van der Waals surface area contributed by atoms with Gasteiger partial charge in [0, 0.05) is 6.61 Å². The van der Waals surface area contributed by atoms with Gasteiger partial charge in [-0.15, -0.1) is 0 Å². The second kappa shape index (κ2) is 1.34. The van der Waals surface area contributed by atoms with Gasteiger partial charge in [-0.2, -0.15) is 0 Å². The molecule has 2 saturated carbocycles. The summed E-state index contributed by atoms with van der Waals surface area (Å²) in [4.78, 5) is 0. The van der Waals surface area contributed by atoms with E-state index < -0.39 is 0 Å². The van der Waals surface area contributed by atoms with Gasteiger partial charge in [0.15, 0.2) is 0 Å². The predicted octanol–water partition coefficient (Wildman–Crippen LogP) is 1.56. The molecule has 0 aromatic heterocycles. The molecule has 2 aliphatic carbocycles. The van der Waals surface area contributed by atoms with Gasteiger partial charge in [0.05, 0.1) is 0 Å². The van der Waals surface area contributed by atoms with Gasteiger partial charge < -0.3 is 5.11 Å². The average molecular weight is 126 g/mol. The Labute approximate surface area is 56.1 Å². The van der Waals surface area contributed by atoms with Crippen molar-refractivity contribution in [2.45, 2.75) is 32.6 Å². The highest BCUT2D eigenvalue weighted by molar-refractivity contribution is 5.11. The maximum absolute atomic E-state index is 9.03. The quantitative estimate of drug-likeness (QED) is 0.595. The molecule has 0 aromatic carbocycles. The fraction of sp³-hybridized carbons (Fsp3) is 1.00. The second-order valence-corrected chi connectivity index (χ2v) is 4.00. The summed E-state index contributed by atoms with van der Waals surface area (Å²) < 4.78 is 0. The third kappa shape index (κ3) is 0.586. The van der Waals surface area contributed by atoms with Crippen molar-refractivity contribution < 1.29 is 5.11 Å². The molecule has 2 aliphatic rings. The van der Waals surface area contributed by atoms with Crippen LogP contribution in [0.25, 0.3) is 0 Å². The summed E-state index contributed by atoms with van der Waals surface area (Å²) in [6.45, 7) is 2.75. The minimum atomic E-state index is 0.396. The lowest BCUT2D eigenvalue weighted by Crippen LogP contribution is -2.17. The SMILES string of the molecule is CC1(C2(CO)CC2)CC1. The highest BCUT2D eigenvalue weighted by Gasteiger charge is 2.61. The predicted molar refractivity (Wildman–Crippen MR) is 36.1 cm³/mol. The molecule has 0 spiro atoms. The molecule has 0 heterocycles. The first kappa shape index (κ1) is 5.72. The molecule has 9 heavy (non-hydrogen) atoms. The maximum atomic E-state index is 9.03. The van der Waals surface area contributed by atoms with Crippen molar-refractivity contribution >= 4 is 0 Å². The Bertz CT molecular complexity index is 132. The summed E-state index contributed by atoms with van der Waals surface area (Å²) >= 11 is 0. The first-order valence-corrected chi connectivity index (χ1v) is 3.83. The molecule has 2 fully saturated rings. The Morgan fingerprint density at radius 3 is 1.89 bits per heavy atom. The maximum Gasteiger partial charge on any atom is 0.0492 e. The van der Waals surface area contributed by atoms with Crippen molar-refractivity contribution in [3.8, 4) is 0 Å². The number of aliphatic hydroxyl groups excluding tert-OH is 1. The fourth-order valence-corrected chi connectivity index (χ4v) is 1.82. The standard InChI is InChI=1S/C8H14O/c1-7(2-3-7)8(6-9)4-5-8/h9H,2-6H2,1H3. The summed E-state index contributed by atoms with van der Waals surface area (Å²) in [7, 11) is 0. The zero-order chi connectivity index (χ0) is 6.54. The zero-order valence-electron chi connectivity index (χ0n) is 5.98. The molecule has 0 aliphatic heterocycles. The Kier molecular flexibility index (Phi) is 0.852. The van der Waals surface area contributed by atoms with Crippen molar-refractivity contribution in [3.05, 3.63) is 0 Å². The van der Waals surface area contributed by atoms with Crippen LogP contribution < -0.4 is 0 Å². The normalized spacial score (nSPS) is 34.0. The molecule has 1 heteroatoms. The van der Waals surface area contributed by atoms with Crippen LogP contribution in [-0.4, -0.2) is 11.7 Å². The Morgan fingerprint density at radius 2 is 1.78 bits per heavy atom. The van der Waals surface area contributed by atoms with Crippen LogP contribution in [0.1, 0.15) is 32.6 Å². The van der Waals surface area contributed by atoms with Gasteiger partial charge in [-0.3, -0.25) is 0 Å². The van der Waals surface area contributed by atoms with Crippen LogP contribution in [0.5, 0.6) is 0 Å². The Hall–Kier alpha value is -0.0400. The van der Waals surface area contributed by atoms with Crippen molar-refractivity contribution in [1.82, 2.24) is 0 Å². The van der Waals surface area contributed by atoms with Gasteiger partial charge in [-0.05, 0) is 36.5 Å². The van der Waals surface area contributed by atoms with E-state index in [0.29, 0.717) is 17.4 Å². The van der Waals surface area contributed by atoms with E-state index in [-0.39, 0.29) is 0 Å². The minimum absolute atomic E-state index is 0.396. The van der Waals surface area contributed by atoms with E-state index in [1.165, 1.54) is 25.7 Å². The van der Waals surface area contributed by atoms with E-state index in [4.69, 9.17) is 5.11 Å². The van der Waals surface area contributed by atoms with E-state index >= 15 is 0 Å². The van der Waals surface area contributed by atoms with Gasteiger partial charge >= 0.3 is 0 Å². The van der Waals surface area contributed by atoms with Gasteiger partial charge in [0.25, 0.3) is 0 Å². The summed E-state index contributed by atoms with van der Waals surface area (Å²) in [6, 6.07) is 0. The van der Waals surface area contributed by atoms with Gasteiger partial charge in [-0.1, -0.05) is 6.92 Å². The Balaban J connectivity index is 2.11. The lowest BCUT2D eigenvalue weighted by atomic mass is 9.88. The smallest absolute Gasteiger partial charge is 0.0492 e. The lowest BCUT2D eigenvalue weighted by molar-refractivity contribution is 0.151. The number of hydrogen-bond donors (Lipinski definition) is 1. The number of rotatable bonds is 2.